The second-order valence-corrected chi connectivity index (χ2v) is 5.90. The largest absolute Gasteiger partial charge is 0.354 e. The average Bonchev–Trinajstić information content (AvgIpc) is 2.73. The first kappa shape index (κ1) is 18.2. The smallest absolute Gasteiger partial charge is 0.334 e. The molecule has 0 unspecified atom stereocenters. The van der Waals surface area contributed by atoms with Crippen LogP contribution in [0.2, 0.25) is 10.0 Å². The van der Waals surface area contributed by atoms with Crippen LogP contribution >= 0.6 is 23.2 Å². The molecule has 0 radical (unpaired) electrons. The van der Waals surface area contributed by atoms with Crippen molar-refractivity contribution in [2.75, 3.05) is 19.6 Å². The van der Waals surface area contributed by atoms with Crippen molar-refractivity contribution in [3.05, 3.63) is 33.8 Å². The third-order valence-electron chi connectivity index (χ3n) is 3.48. The van der Waals surface area contributed by atoms with E-state index in [1.807, 2.05) is 0 Å². The predicted octanol–water partition coefficient (Wildman–Crippen LogP) is 1.46. The van der Waals surface area contributed by atoms with Crippen molar-refractivity contribution in [1.29, 1.82) is 0 Å². The molecular weight excluding hydrogens is 357 g/mol. The Kier molecular flexibility index (Phi) is 5.80. The molecule has 5 amide bonds. The monoisotopic (exact) mass is 371 g/mol. The molecule has 1 heterocycles. The lowest BCUT2D eigenvalue weighted by Gasteiger charge is -2.14. The summed E-state index contributed by atoms with van der Waals surface area (Å²) in [5.74, 6) is -2.44. The average molecular weight is 372 g/mol. The van der Waals surface area contributed by atoms with E-state index < -0.39 is 30.3 Å². The minimum atomic E-state index is -0.988. The summed E-state index contributed by atoms with van der Waals surface area (Å²) in [5.41, 5.74) is 0.807. The van der Waals surface area contributed by atoms with E-state index in [0.717, 1.165) is 10.5 Å². The topological polar surface area (TPSA) is 86.8 Å². The van der Waals surface area contributed by atoms with Crippen LogP contribution in [0.1, 0.15) is 12.5 Å². The summed E-state index contributed by atoms with van der Waals surface area (Å²) in [6.45, 7) is 1.43. The fourth-order valence-electron chi connectivity index (χ4n) is 2.23. The maximum atomic E-state index is 11.9. The first-order valence-corrected chi connectivity index (χ1v) is 7.98. The molecule has 0 spiro atoms. The number of carbonyl (C=O) groups is 4. The molecule has 0 aliphatic carbocycles. The van der Waals surface area contributed by atoms with Crippen LogP contribution in [0.25, 0.3) is 0 Å². The van der Waals surface area contributed by atoms with Gasteiger partial charge < -0.3 is 5.32 Å². The van der Waals surface area contributed by atoms with Gasteiger partial charge in [-0.05, 0) is 31.0 Å². The fourth-order valence-corrected chi connectivity index (χ4v) is 2.73. The lowest BCUT2D eigenvalue weighted by molar-refractivity contribution is -0.143. The molecule has 1 aliphatic heterocycles. The number of carbonyl (C=O) groups excluding carboxylic acids is 4. The van der Waals surface area contributed by atoms with Crippen LogP contribution in [0.15, 0.2) is 18.2 Å². The quantitative estimate of drug-likeness (QED) is 0.605. The minimum Gasteiger partial charge on any atom is -0.354 e. The van der Waals surface area contributed by atoms with Gasteiger partial charge in [-0.25, -0.2) is 9.69 Å². The van der Waals surface area contributed by atoms with E-state index in [0.29, 0.717) is 21.4 Å². The van der Waals surface area contributed by atoms with Crippen LogP contribution in [-0.2, 0) is 20.8 Å². The van der Waals surface area contributed by atoms with Gasteiger partial charge in [0.2, 0.25) is 5.91 Å². The van der Waals surface area contributed by atoms with Gasteiger partial charge in [-0.3, -0.25) is 19.3 Å². The summed E-state index contributed by atoms with van der Waals surface area (Å²) in [4.78, 5) is 48.4. The maximum Gasteiger partial charge on any atom is 0.334 e. The number of rotatable bonds is 6. The SMILES string of the molecule is CCN1C(=O)C(=O)N(CC(=O)NCCc2ccc(Cl)cc2Cl)C1=O. The highest BCUT2D eigenvalue weighted by molar-refractivity contribution is 6.45. The molecule has 1 fully saturated rings. The van der Waals surface area contributed by atoms with Crippen molar-refractivity contribution in [3.63, 3.8) is 0 Å². The summed E-state index contributed by atoms with van der Waals surface area (Å²) in [6, 6.07) is 4.27. The van der Waals surface area contributed by atoms with Gasteiger partial charge in [-0.2, -0.15) is 0 Å². The van der Waals surface area contributed by atoms with Crippen LogP contribution < -0.4 is 5.32 Å². The van der Waals surface area contributed by atoms with E-state index in [1.165, 1.54) is 0 Å². The van der Waals surface area contributed by atoms with Crippen LogP contribution in [0.5, 0.6) is 0 Å². The number of hydrogen-bond donors (Lipinski definition) is 1. The van der Waals surface area contributed by atoms with E-state index in [1.54, 1.807) is 25.1 Å². The molecular formula is C15H15Cl2N3O4. The van der Waals surface area contributed by atoms with Gasteiger partial charge in [-0.1, -0.05) is 29.3 Å². The highest BCUT2D eigenvalue weighted by Gasteiger charge is 2.44. The number of likely N-dealkylation sites (N-methyl/N-ethyl adjacent to an activating group) is 1. The van der Waals surface area contributed by atoms with Crippen molar-refractivity contribution in [2.24, 2.45) is 0 Å². The molecule has 1 aromatic carbocycles. The molecule has 1 aromatic rings. The van der Waals surface area contributed by atoms with Gasteiger partial charge in [0.15, 0.2) is 0 Å². The minimum absolute atomic E-state index is 0.0800. The molecule has 7 nitrogen and oxygen atoms in total. The van der Waals surface area contributed by atoms with Crippen molar-refractivity contribution in [2.45, 2.75) is 13.3 Å². The van der Waals surface area contributed by atoms with E-state index in [2.05, 4.69) is 5.32 Å². The maximum absolute atomic E-state index is 11.9. The van der Waals surface area contributed by atoms with Crippen LogP contribution in [0, 0.1) is 0 Å². The highest BCUT2D eigenvalue weighted by atomic mass is 35.5. The van der Waals surface area contributed by atoms with E-state index in [4.69, 9.17) is 23.2 Å². The van der Waals surface area contributed by atoms with Gasteiger partial charge in [-0.15, -0.1) is 0 Å². The molecule has 1 N–H and O–H groups in total. The fraction of sp³-hybridized carbons (Fsp3) is 0.333. The van der Waals surface area contributed by atoms with Gasteiger partial charge >= 0.3 is 17.8 Å². The summed E-state index contributed by atoms with van der Waals surface area (Å²) in [5, 5.41) is 3.59. The molecule has 128 valence electrons. The van der Waals surface area contributed by atoms with Gasteiger partial charge in [0.1, 0.15) is 6.54 Å². The Hall–Kier alpha value is -2.12. The van der Waals surface area contributed by atoms with E-state index in [-0.39, 0.29) is 13.1 Å². The highest BCUT2D eigenvalue weighted by Crippen LogP contribution is 2.21. The summed E-state index contributed by atoms with van der Waals surface area (Å²) < 4.78 is 0. The number of urea groups is 1. The Bertz CT molecular complexity index is 708. The van der Waals surface area contributed by atoms with Crippen molar-refractivity contribution in [1.82, 2.24) is 15.1 Å². The first-order chi connectivity index (χ1) is 11.3. The number of imide groups is 2. The van der Waals surface area contributed by atoms with Gasteiger partial charge in [0.05, 0.1) is 0 Å². The van der Waals surface area contributed by atoms with Crippen LogP contribution in [0.3, 0.4) is 0 Å². The Morgan fingerprint density at radius 1 is 1.12 bits per heavy atom. The number of benzene rings is 1. The second-order valence-electron chi connectivity index (χ2n) is 5.06. The molecule has 2 rings (SSSR count). The van der Waals surface area contributed by atoms with Crippen LogP contribution in [0.4, 0.5) is 4.79 Å². The molecule has 0 saturated carbocycles. The number of nitrogens with one attached hydrogen (secondary N) is 1. The molecule has 9 heteroatoms. The second kappa shape index (κ2) is 7.63. The number of amides is 5. The Labute approximate surface area is 148 Å². The van der Waals surface area contributed by atoms with Gasteiger partial charge in [0.25, 0.3) is 0 Å². The Morgan fingerprint density at radius 2 is 1.79 bits per heavy atom. The Balaban J connectivity index is 1.86. The normalized spacial score (nSPS) is 14.5. The summed E-state index contributed by atoms with van der Waals surface area (Å²) in [6.07, 6.45) is 0.462. The predicted molar refractivity (Wildman–Crippen MR) is 87.7 cm³/mol. The molecule has 1 saturated heterocycles. The van der Waals surface area contributed by atoms with Crippen LogP contribution in [-0.4, -0.2) is 53.2 Å². The molecule has 1 aliphatic rings. The number of hydrogen-bond acceptors (Lipinski definition) is 4. The van der Waals surface area contributed by atoms with Crippen molar-refractivity contribution < 1.29 is 19.2 Å². The zero-order valence-electron chi connectivity index (χ0n) is 12.8. The number of halogens is 2. The van der Waals surface area contributed by atoms with E-state index >= 15 is 0 Å². The molecule has 0 bridgehead atoms. The zero-order valence-corrected chi connectivity index (χ0v) is 14.4. The van der Waals surface area contributed by atoms with Crippen molar-refractivity contribution >= 4 is 47.0 Å². The third-order valence-corrected chi connectivity index (χ3v) is 4.07. The molecule has 0 atom stereocenters. The first-order valence-electron chi connectivity index (χ1n) is 7.23. The zero-order chi connectivity index (χ0) is 17.9. The summed E-state index contributed by atoms with van der Waals surface area (Å²) in [7, 11) is 0. The molecule has 0 aromatic heterocycles. The van der Waals surface area contributed by atoms with Crippen molar-refractivity contribution in [3.8, 4) is 0 Å². The number of nitrogens with zero attached hydrogens (tertiary/aromatic N) is 2. The lowest BCUT2D eigenvalue weighted by atomic mass is 10.1. The Morgan fingerprint density at radius 3 is 2.38 bits per heavy atom. The van der Waals surface area contributed by atoms with E-state index in [9.17, 15) is 19.2 Å². The molecule has 24 heavy (non-hydrogen) atoms. The third kappa shape index (κ3) is 3.85. The standard InChI is InChI=1S/C15H15Cl2N3O4/c1-2-19-13(22)14(23)20(15(19)24)8-12(21)18-6-5-9-3-4-10(16)7-11(9)17/h3-4,7H,2,5-6,8H2,1H3,(H,18,21). The van der Waals surface area contributed by atoms with Gasteiger partial charge in [0, 0.05) is 23.1 Å². The summed E-state index contributed by atoms with van der Waals surface area (Å²) >= 11 is 11.8. The lowest BCUT2D eigenvalue weighted by Crippen LogP contribution is -2.41.